The molecular weight excluding hydrogens is 174 g/mol. The van der Waals surface area contributed by atoms with E-state index in [0.717, 1.165) is 5.39 Å². The van der Waals surface area contributed by atoms with Gasteiger partial charge in [0.1, 0.15) is 5.69 Å². The van der Waals surface area contributed by atoms with Crippen LogP contribution in [0, 0.1) is 0 Å². The molecule has 2 aromatic heterocycles. The van der Waals surface area contributed by atoms with Gasteiger partial charge in [-0.1, -0.05) is 0 Å². The molecule has 2 nitrogen and oxygen atoms in total. The number of alkyl halides is 2. The molecule has 0 aromatic carbocycles. The fraction of sp³-hybridized carbons (Fsp3) is 0.111. The van der Waals surface area contributed by atoms with Crippen LogP contribution in [-0.4, -0.2) is 9.97 Å². The summed E-state index contributed by atoms with van der Waals surface area (Å²) in [6.45, 7) is 0. The van der Waals surface area contributed by atoms with Gasteiger partial charge in [-0.15, -0.1) is 0 Å². The molecule has 2 rings (SSSR count). The maximum Gasteiger partial charge on any atom is 0.280 e. The van der Waals surface area contributed by atoms with Gasteiger partial charge in [0, 0.05) is 11.6 Å². The Labute approximate surface area is 73.2 Å². The van der Waals surface area contributed by atoms with Crippen molar-refractivity contribution in [1.29, 1.82) is 0 Å². The standard InChI is InChI=1S/C9H6F2N2/c10-8(11)7-4-3-6-2-1-5-12-9(6)13-7/h1-5,8H. The summed E-state index contributed by atoms with van der Waals surface area (Å²) in [5.74, 6) is 0. The molecule has 2 aromatic rings. The number of aromatic nitrogens is 2. The summed E-state index contributed by atoms with van der Waals surface area (Å²) in [4.78, 5) is 7.59. The van der Waals surface area contributed by atoms with Crippen molar-refractivity contribution in [2.75, 3.05) is 0 Å². The molecule has 0 aliphatic carbocycles. The second-order valence-electron chi connectivity index (χ2n) is 2.59. The molecule has 0 amide bonds. The predicted octanol–water partition coefficient (Wildman–Crippen LogP) is 2.57. The molecule has 0 bridgehead atoms. The van der Waals surface area contributed by atoms with Crippen LogP contribution in [0.25, 0.3) is 11.0 Å². The third-order valence-electron chi connectivity index (χ3n) is 1.71. The second-order valence-corrected chi connectivity index (χ2v) is 2.59. The molecule has 0 radical (unpaired) electrons. The van der Waals surface area contributed by atoms with Gasteiger partial charge < -0.3 is 0 Å². The van der Waals surface area contributed by atoms with E-state index in [0.29, 0.717) is 5.65 Å². The van der Waals surface area contributed by atoms with Crippen LogP contribution in [0.15, 0.2) is 30.5 Å². The van der Waals surface area contributed by atoms with Crippen molar-refractivity contribution in [3.8, 4) is 0 Å². The quantitative estimate of drug-likeness (QED) is 0.674. The Morgan fingerprint density at radius 2 is 2.00 bits per heavy atom. The minimum Gasteiger partial charge on any atom is -0.237 e. The Bertz CT molecular complexity index is 429. The summed E-state index contributed by atoms with van der Waals surface area (Å²) < 4.78 is 24.4. The third kappa shape index (κ3) is 1.47. The van der Waals surface area contributed by atoms with Crippen LogP contribution in [0.4, 0.5) is 8.78 Å². The van der Waals surface area contributed by atoms with E-state index >= 15 is 0 Å². The van der Waals surface area contributed by atoms with Gasteiger partial charge in [-0.05, 0) is 24.3 Å². The second kappa shape index (κ2) is 3.05. The lowest BCUT2D eigenvalue weighted by Gasteiger charge is -1.99. The summed E-state index contributed by atoms with van der Waals surface area (Å²) in [6.07, 6.45) is -1.00. The van der Waals surface area contributed by atoms with Crippen molar-refractivity contribution < 1.29 is 8.78 Å². The van der Waals surface area contributed by atoms with Gasteiger partial charge in [0.2, 0.25) is 0 Å². The average molecular weight is 180 g/mol. The van der Waals surface area contributed by atoms with E-state index in [4.69, 9.17) is 0 Å². The largest absolute Gasteiger partial charge is 0.280 e. The molecule has 0 saturated carbocycles. The SMILES string of the molecule is FC(F)c1ccc2cccnc2n1. The minimum atomic E-state index is -2.54. The minimum absolute atomic E-state index is 0.230. The molecule has 0 N–H and O–H groups in total. The normalized spacial score (nSPS) is 11.0. The first-order valence-corrected chi connectivity index (χ1v) is 3.77. The van der Waals surface area contributed by atoms with Crippen LogP contribution < -0.4 is 0 Å². The van der Waals surface area contributed by atoms with E-state index in [9.17, 15) is 8.78 Å². The monoisotopic (exact) mass is 180 g/mol. The Balaban J connectivity index is 2.62. The molecule has 0 spiro atoms. The predicted molar refractivity (Wildman–Crippen MR) is 44.5 cm³/mol. The number of pyridine rings is 2. The van der Waals surface area contributed by atoms with E-state index in [1.807, 2.05) is 0 Å². The summed E-state index contributed by atoms with van der Waals surface area (Å²) in [6, 6.07) is 6.43. The van der Waals surface area contributed by atoms with Gasteiger partial charge in [-0.3, -0.25) is 0 Å². The number of nitrogens with zero attached hydrogens (tertiary/aromatic N) is 2. The maximum absolute atomic E-state index is 12.2. The highest BCUT2D eigenvalue weighted by Crippen LogP contribution is 2.18. The van der Waals surface area contributed by atoms with E-state index < -0.39 is 6.43 Å². The molecule has 0 fully saturated rings. The third-order valence-corrected chi connectivity index (χ3v) is 1.71. The zero-order chi connectivity index (χ0) is 9.26. The first-order valence-electron chi connectivity index (χ1n) is 3.77. The molecule has 0 unspecified atom stereocenters. The van der Waals surface area contributed by atoms with Gasteiger partial charge in [-0.25, -0.2) is 18.7 Å². The molecule has 66 valence electrons. The van der Waals surface area contributed by atoms with Gasteiger partial charge in [0.15, 0.2) is 5.65 Å². The lowest BCUT2D eigenvalue weighted by atomic mass is 10.2. The Morgan fingerprint density at radius 3 is 2.77 bits per heavy atom. The van der Waals surface area contributed by atoms with Crippen molar-refractivity contribution in [2.45, 2.75) is 6.43 Å². The number of halogens is 2. The number of hydrogen-bond donors (Lipinski definition) is 0. The fourth-order valence-corrected chi connectivity index (χ4v) is 1.09. The first kappa shape index (κ1) is 8.04. The molecule has 0 aliphatic heterocycles. The van der Waals surface area contributed by atoms with Crippen molar-refractivity contribution in [3.05, 3.63) is 36.2 Å². The van der Waals surface area contributed by atoms with Gasteiger partial charge in [0.05, 0.1) is 0 Å². The molecular formula is C9H6F2N2. The topological polar surface area (TPSA) is 25.8 Å². The van der Waals surface area contributed by atoms with E-state index in [-0.39, 0.29) is 5.69 Å². The average Bonchev–Trinajstić information content (AvgIpc) is 2.17. The van der Waals surface area contributed by atoms with Crippen molar-refractivity contribution >= 4 is 11.0 Å². The first-order chi connectivity index (χ1) is 6.27. The fourth-order valence-electron chi connectivity index (χ4n) is 1.09. The van der Waals surface area contributed by atoms with Gasteiger partial charge in [-0.2, -0.15) is 0 Å². The van der Waals surface area contributed by atoms with Crippen LogP contribution >= 0.6 is 0 Å². The summed E-state index contributed by atoms with van der Waals surface area (Å²) in [5.41, 5.74) is 0.131. The van der Waals surface area contributed by atoms with E-state index in [2.05, 4.69) is 9.97 Å². The molecule has 2 heterocycles. The van der Waals surface area contributed by atoms with Gasteiger partial charge >= 0.3 is 0 Å². The highest BCUT2D eigenvalue weighted by Gasteiger charge is 2.08. The van der Waals surface area contributed by atoms with Crippen LogP contribution in [0.5, 0.6) is 0 Å². The zero-order valence-electron chi connectivity index (χ0n) is 6.61. The number of fused-ring (bicyclic) bond motifs is 1. The molecule has 0 atom stereocenters. The van der Waals surface area contributed by atoms with Crippen molar-refractivity contribution in [2.24, 2.45) is 0 Å². The summed E-state index contributed by atoms with van der Waals surface area (Å²) in [7, 11) is 0. The zero-order valence-corrected chi connectivity index (χ0v) is 6.61. The highest BCUT2D eigenvalue weighted by atomic mass is 19.3. The maximum atomic E-state index is 12.2. The molecule has 13 heavy (non-hydrogen) atoms. The lowest BCUT2D eigenvalue weighted by molar-refractivity contribution is 0.146. The Kier molecular flexibility index (Phi) is 1.88. The summed E-state index contributed by atoms with van der Waals surface area (Å²) >= 11 is 0. The van der Waals surface area contributed by atoms with Crippen LogP contribution in [-0.2, 0) is 0 Å². The van der Waals surface area contributed by atoms with E-state index in [1.54, 1.807) is 18.2 Å². The lowest BCUT2D eigenvalue weighted by Crippen LogP contribution is -1.91. The smallest absolute Gasteiger partial charge is 0.237 e. The van der Waals surface area contributed by atoms with Crippen LogP contribution in [0.3, 0.4) is 0 Å². The molecule has 0 saturated heterocycles. The van der Waals surface area contributed by atoms with E-state index in [1.165, 1.54) is 12.3 Å². The summed E-state index contributed by atoms with van der Waals surface area (Å²) in [5, 5.41) is 0.770. The Hall–Kier alpha value is -1.58. The van der Waals surface area contributed by atoms with Crippen molar-refractivity contribution in [3.63, 3.8) is 0 Å². The van der Waals surface area contributed by atoms with Crippen LogP contribution in [0.2, 0.25) is 0 Å². The van der Waals surface area contributed by atoms with Gasteiger partial charge in [0.25, 0.3) is 6.43 Å². The molecule has 0 aliphatic rings. The number of hydrogen-bond acceptors (Lipinski definition) is 2. The van der Waals surface area contributed by atoms with Crippen LogP contribution in [0.1, 0.15) is 12.1 Å². The van der Waals surface area contributed by atoms with Crippen molar-refractivity contribution in [1.82, 2.24) is 9.97 Å². The highest BCUT2D eigenvalue weighted by molar-refractivity contribution is 5.74. The molecule has 4 heteroatoms. The Morgan fingerprint density at radius 1 is 1.15 bits per heavy atom. The number of rotatable bonds is 1.